The first-order valence-electron chi connectivity index (χ1n) is 9.22. The predicted molar refractivity (Wildman–Crippen MR) is 113 cm³/mol. The number of sulfone groups is 1. The van der Waals surface area contributed by atoms with Crippen molar-refractivity contribution >= 4 is 9.84 Å². The van der Waals surface area contributed by atoms with Gasteiger partial charge in [0.05, 0.1) is 17.0 Å². The molecule has 2 aromatic heterocycles. The van der Waals surface area contributed by atoms with Crippen molar-refractivity contribution in [2.24, 2.45) is 0 Å². The number of hydrogen-bond acceptors (Lipinski definition) is 5. The van der Waals surface area contributed by atoms with Crippen molar-refractivity contribution in [2.45, 2.75) is 11.3 Å². The zero-order valence-electron chi connectivity index (χ0n) is 16.2. The molecule has 2 aromatic carbocycles. The van der Waals surface area contributed by atoms with Gasteiger partial charge in [-0.15, -0.1) is 0 Å². The first kappa shape index (κ1) is 19.8. The average molecular weight is 419 g/mol. The zero-order chi connectivity index (χ0) is 21.1. The van der Waals surface area contributed by atoms with E-state index in [1.54, 1.807) is 48.8 Å². The molecule has 0 saturated carbocycles. The van der Waals surface area contributed by atoms with E-state index >= 15 is 0 Å². The van der Waals surface area contributed by atoms with Crippen LogP contribution in [0.25, 0.3) is 22.4 Å². The Labute approximate surface area is 174 Å². The summed E-state index contributed by atoms with van der Waals surface area (Å²) in [6, 6.07) is 18.3. The summed E-state index contributed by atoms with van der Waals surface area (Å²) in [4.78, 5) is 13.8. The van der Waals surface area contributed by atoms with E-state index in [-0.39, 0.29) is 10.7 Å². The summed E-state index contributed by atoms with van der Waals surface area (Å²) in [6.07, 6.45) is 5.05. The number of pyridine rings is 1. The summed E-state index contributed by atoms with van der Waals surface area (Å²) in [7, 11) is -3.29. The monoisotopic (exact) mass is 419 g/mol. The van der Waals surface area contributed by atoms with Crippen LogP contribution in [0.5, 0.6) is 0 Å². The molecule has 0 spiro atoms. The normalized spacial score (nSPS) is 11.4. The maximum atomic E-state index is 13.5. The van der Waals surface area contributed by atoms with Gasteiger partial charge in [0.2, 0.25) is 0 Å². The molecule has 0 N–H and O–H groups in total. The SMILES string of the molecule is CS(=O)(=O)c1ccc(-c2cnc(Cc3ccccn3)nc2-c2ccc(F)cc2)cc1. The van der Waals surface area contributed by atoms with Crippen LogP contribution in [0.3, 0.4) is 0 Å². The molecule has 30 heavy (non-hydrogen) atoms. The Morgan fingerprint density at radius 2 is 1.57 bits per heavy atom. The number of rotatable bonds is 5. The van der Waals surface area contributed by atoms with E-state index in [4.69, 9.17) is 4.98 Å². The lowest BCUT2D eigenvalue weighted by molar-refractivity contribution is 0.602. The van der Waals surface area contributed by atoms with Crippen LogP contribution in [0.15, 0.2) is 84.0 Å². The lowest BCUT2D eigenvalue weighted by Gasteiger charge is -2.11. The quantitative estimate of drug-likeness (QED) is 0.481. The minimum atomic E-state index is -3.29. The van der Waals surface area contributed by atoms with E-state index < -0.39 is 9.84 Å². The van der Waals surface area contributed by atoms with E-state index in [9.17, 15) is 12.8 Å². The van der Waals surface area contributed by atoms with Crippen molar-refractivity contribution < 1.29 is 12.8 Å². The summed E-state index contributed by atoms with van der Waals surface area (Å²) >= 11 is 0. The highest BCUT2D eigenvalue weighted by Gasteiger charge is 2.14. The highest BCUT2D eigenvalue weighted by atomic mass is 32.2. The van der Waals surface area contributed by atoms with E-state index in [1.807, 2.05) is 18.2 Å². The van der Waals surface area contributed by atoms with Gasteiger partial charge in [-0.05, 0) is 54.1 Å². The maximum Gasteiger partial charge on any atom is 0.175 e. The van der Waals surface area contributed by atoms with Gasteiger partial charge in [0, 0.05) is 35.5 Å². The Kier molecular flexibility index (Phi) is 5.37. The first-order valence-corrected chi connectivity index (χ1v) is 11.1. The molecule has 5 nitrogen and oxygen atoms in total. The fraction of sp³-hybridized carbons (Fsp3) is 0.0870. The largest absolute Gasteiger partial charge is 0.261 e. The molecule has 0 unspecified atom stereocenters. The third kappa shape index (κ3) is 4.41. The van der Waals surface area contributed by atoms with E-state index in [0.717, 1.165) is 22.4 Å². The molecule has 4 aromatic rings. The number of aromatic nitrogens is 3. The van der Waals surface area contributed by atoms with Crippen LogP contribution in [-0.4, -0.2) is 29.6 Å². The molecular weight excluding hydrogens is 401 g/mol. The highest BCUT2D eigenvalue weighted by molar-refractivity contribution is 7.90. The summed E-state index contributed by atoms with van der Waals surface area (Å²) in [5.41, 5.74) is 3.72. The van der Waals surface area contributed by atoms with Crippen molar-refractivity contribution in [3.8, 4) is 22.4 Å². The molecule has 0 atom stereocenters. The van der Waals surface area contributed by atoms with Crippen LogP contribution in [-0.2, 0) is 16.3 Å². The Bertz CT molecular complexity index is 1270. The minimum Gasteiger partial charge on any atom is -0.261 e. The van der Waals surface area contributed by atoms with Gasteiger partial charge in [-0.1, -0.05) is 18.2 Å². The molecule has 7 heteroatoms. The molecule has 0 fully saturated rings. The third-order valence-electron chi connectivity index (χ3n) is 4.62. The van der Waals surface area contributed by atoms with Crippen molar-refractivity contribution in [1.29, 1.82) is 0 Å². The van der Waals surface area contributed by atoms with Crippen LogP contribution in [0.4, 0.5) is 4.39 Å². The van der Waals surface area contributed by atoms with Crippen molar-refractivity contribution in [3.05, 3.63) is 96.5 Å². The zero-order valence-corrected chi connectivity index (χ0v) is 17.0. The van der Waals surface area contributed by atoms with Crippen molar-refractivity contribution in [1.82, 2.24) is 15.0 Å². The molecule has 0 amide bonds. The Hall–Kier alpha value is -3.45. The van der Waals surface area contributed by atoms with Gasteiger partial charge in [0.25, 0.3) is 0 Å². The summed E-state index contributed by atoms with van der Waals surface area (Å²) in [5.74, 6) is 0.255. The van der Waals surface area contributed by atoms with Gasteiger partial charge in [0.15, 0.2) is 9.84 Å². The van der Waals surface area contributed by atoms with Gasteiger partial charge in [-0.25, -0.2) is 22.8 Å². The summed E-state index contributed by atoms with van der Waals surface area (Å²) in [5, 5.41) is 0. The Morgan fingerprint density at radius 1 is 0.867 bits per heavy atom. The van der Waals surface area contributed by atoms with Crippen LogP contribution >= 0.6 is 0 Å². The molecule has 0 saturated heterocycles. The van der Waals surface area contributed by atoms with Gasteiger partial charge in [-0.2, -0.15) is 0 Å². The van der Waals surface area contributed by atoms with E-state index in [2.05, 4.69) is 9.97 Å². The van der Waals surface area contributed by atoms with E-state index in [0.29, 0.717) is 17.9 Å². The molecule has 0 aliphatic carbocycles. The second-order valence-corrected chi connectivity index (χ2v) is 8.87. The summed E-state index contributed by atoms with van der Waals surface area (Å²) in [6.45, 7) is 0. The summed E-state index contributed by atoms with van der Waals surface area (Å²) < 4.78 is 37.0. The molecule has 0 bridgehead atoms. The Morgan fingerprint density at radius 3 is 2.20 bits per heavy atom. The fourth-order valence-corrected chi connectivity index (χ4v) is 3.72. The highest BCUT2D eigenvalue weighted by Crippen LogP contribution is 2.31. The van der Waals surface area contributed by atoms with Crippen LogP contribution in [0, 0.1) is 5.82 Å². The molecular formula is C23H18FN3O2S. The number of benzene rings is 2. The number of hydrogen-bond donors (Lipinski definition) is 0. The van der Waals surface area contributed by atoms with Crippen LogP contribution < -0.4 is 0 Å². The molecule has 0 radical (unpaired) electrons. The lowest BCUT2D eigenvalue weighted by atomic mass is 10.0. The molecule has 0 aliphatic heterocycles. The maximum absolute atomic E-state index is 13.5. The topological polar surface area (TPSA) is 72.8 Å². The Balaban J connectivity index is 1.80. The van der Waals surface area contributed by atoms with Crippen LogP contribution in [0.1, 0.15) is 11.5 Å². The van der Waals surface area contributed by atoms with Crippen LogP contribution in [0.2, 0.25) is 0 Å². The number of halogens is 1. The second-order valence-electron chi connectivity index (χ2n) is 6.85. The second kappa shape index (κ2) is 8.12. The van der Waals surface area contributed by atoms with Gasteiger partial charge >= 0.3 is 0 Å². The van der Waals surface area contributed by atoms with Crippen molar-refractivity contribution in [3.63, 3.8) is 0 Å². The third-order valence-corrected chi connectivity index (χ3v) is 5.74. The van der Waals surface area contributed by atoms with Crippen molar-refractivity contribution in [2.75, 3.05) is 6.26 Å². The molecule has 4 rings (SSSR count). The molecule has 0 aliphatic rings. The first-order chi connectivity index (χ1) is 14.4. The van der Waals surface area contributed by atoms with E-state index in [1.165, 1.54) is 18.4 Å². The minimum absolute atomic E-state index is 0.238. The molecule has 2 heterocycles. The van der Waals surface area contributed by atoms with Gasteiger partial charge < -0.3 is 0 Å². The molecule has 150 valence electrons. The van der Waals surface area contributed by atoms with Gasteiger partial charge in [0.1, 0.15) is 11.6 Å². The smallest absolute Gasteiger partial charge is 0.175 e. The fourth-order valence-electron chi connectivity index (χ4n) is 3.09. The average Bonchev–Trinajstić information content (AvgIpc) is 2.74. The number of nitrogens with zero attached hydrogens (tertiary/aromatic N) is 3. The lowest BCUT2D eigenvalue weighted by Crippen LogP contribution is -2.02. The standard InChI is InChI=1S/C23H18FN3O2S/c1-30(28,29)20-11-7-16(8-12-20)21-15-26-22(14-19-4-2-3-13-25-19)27-23(21)17-5-9-18(24)10-6-17/h2-13,15H,14H2,1H3. The van der Waals surface area contributed by atoms with Gasteiger partial charge in [-0.3, -0.25) is 4.98 Å². The predicted octanol–water partition coefficient (Wildman–Crippen LogP) is 4.34.